The summed E-state index contributed by atoms with van der Waals surface area (Å²) in [6.07, 6.45) is 5.17. The molecule has 5 rings (SSSR count). The maximum Gasteiger partial charge on any atom is 0.233 e. The molecule has 3 aliphatic rings. The summed E-state index contributed by atoms with van der Waals surface area (Å²) < 4.78 is 11.1. The van der Waals surface area contributed by atoms with E-state index in [-0.39, 0.29) is 0 Å². The van der Waals surface area contributed by atoms with Crippen LogP contribution in [0.3, 0.4) is 0 Å². The zero-order valence-corrected chi connectivity index (χ0v) is 18.5. The van der Waals surface area contributed by atoms with Gasteiger partial charge in [0, 0.05) is 26.3 Å². The number of nitrogens with zero attached hydrogens (tertiary/aromatic N) is 1. The lowest BCUT2D eigenvalue weighted by Crippen LogP contribution is -2.49. The third-order valence-corrected chi connectivity index (χ3v) is 8.01. The van der Waals surface area contributed by atoms with Gasteiger partial charge in [-0.15, -0.1) is 0 Å². The number of likely N-dealkylation sites (tertiary alicyclic amines) is 1. The smallest absolute Gasteiger partial charge is 0.233 e. The van der Waals surface area contributed by atoms with Crippen LogP contribution in [0.1, 0.15) is 36.8 Å². The number of hydrogen-bond donors (Lipinski definition) is 0. The number of ether oxygens (including phenoxy) is 2. The first-order valence-corrected chi connectivity index (χ1v) is 11.8. The molecular formula is C27H33NO3. The molecule has 0 spiro atoms. The standard InChI is InChI=1S/C27H33NO3/c1-30-24-9-5-6-20(17-24)16-21-10-11-22-18-28(19-25(21)22)26(29)27(12-14-31-15-13-27)23-7-3-2-4-8-23/h2-9,17,21-22,25H,10-16,18-19H2,1H3/t21-,22-,25-/m1/s1. The summed E-state index contributed by atoms with van der Waals surface area (Å²) in [4.78, 5) is 16.2. The van der Waals surface area contributed by atoms with Crippen molar-refractivity contribution in [2.75, 3.05) is 33.4 Å². The topological polar surface area (TPSA) is 38.8 Å². The van der Waals surface area contributed by atoms with Crippen molar-refractivity contribution in [3.63, 3.8) is 0 Å². The van der Waals surface area contributed by atoms with Gasteiger partial charge in [-0.1, -0.05) is 42.5 Å². The lowest BCUT2D eigenvalue weighted by molar-refractivity contribution is -0.140. The Kier molecular flexibility index (Phi) is 5.75. The summed E-state index contributed by atoms with van der Waals surface area (Å²) in [6, 6.07) is 18.9. The van der Waals surface area contributed by atoms with Crippen molar-refractivity contribution in [3.05, 3.63) is 65.7 Å². The molecule has 2 aromatic rings. The summed E-state index contributed by atoms with van der Waals surface area (Å²) in [5, 5.41) is 0. The second-order valence-electron chi connectivity index (χ2n) is 9.59. The normalized spacial score (nSPS) is 27.1. The van der Waals surface area contributed by atoms with Gasteiger partial charge in [-0.25, -0.2) is 0 Å². The van der Waals surface area contributed by atoms with Gasteiger partial charge in [0.05, 0.1) is 12.5 Å². The first kappa shape index (κ1) is 20.6. The highest BCUT2D eigenvalue weighted by molar-refractivity contribution is 5.88. The predicted octanol–water partition coefficient (Wildman–Crippen LogP) is 4.47. The van der Waals surface area contributed by atoms with Gasteiger partial charge in [0.25, 0.3) is 0 Å². The van der Waals surface area contributed by atoms with Gasteiger partial charge in [0.1, 0.15) is 5.75 Å². The zero-order chi connectivity index (χ0) is 21.3. The van der Waals surface area contributed by atoms with Crippen LogP contribution in [-0.4, -0.2) is 44.2 Å². The van der Waals surface area contributed by atoms with Gasteiger partial charge in [-0.3, -0.25) is 4.79 Å². The Morgan fingerprint density at radius 3 is 2.65 bits per heavy atom. The molecule has 1 saturated carbocycles. The Morgan fingerprint density at radius 2 is 1.87 bits per heavy atom. The number of benzene rings is 2. The van der Waals surface area contributed by atoms with Crippen LogP contribution in [0.5, 0.6) is 5.75 Å². The van der Waals surface area contributed by atoms with E-state index in [4.69, 9.17) is 9.47 Å². The molecule has 1 amide bonds. The second-order valence-corrected chi connectivity index (χ2v) is 9.59. The molecule has 0 radical (unpaired) electrons. The van der Waals surface area contributed by atoms with Crippen molar-refractivity contribution in [2.24, 2.45) is 17.8 Å². The van der Waals surface area contributed by atoms with Crippen molar-refractivity contribution < 1.29 is 14.3 Å². The number of methoxy groups -OCH3 is 1. The molecule has 4 nitrogen and oxygen atoms in total. The molecule has 1 aliphatic carbocycles. The molecule has 0 bridgehead atoms. The summed E-state index contributed by atoms with van der Waals surface area (Å²) in [5.41, 5.74) is 2.09. The van der Waals surface area contributed by atoms with Crippen molar-refractivity contribution in [3.8, 4) is 5.75 Å². The van der Waals surface area contributed by atoms with Gasteiger partial charge >= 0.3 is 0 Å². The molecule has 164 valence electrons. The molecule has 0 aromatic heterocycles. The number of rotatable bonds is 5. The van der Waals surface area contributed by atoms with E-state index in [2.05, 4.69) is 47.4 Å². The predicted molar refractivity (Wildman–Crippen MR) is 121 cm³/mol. The molecule has 4 heteroatoms. The van der Waals surface area contributed by atoms with Crippen molar-refractivity contribution in [2.45, 2.75) is 37.5 Å². The molecule has 31 heavy (non-hydrogen) atoms. The maximum absolute atomic E-state index is 14.0. The monoisotopic (exact) mass is 419 g/mol. The lowest BCUT2D eigenvalue weighted by Gasteiger charge is -2.39. The Bertz CT molecular complexity index is 906. The minimum Gasteiger partial charge on any atom is -0.497 e. The van der Waals surface area contributed by atoms with Gasteiger partial charge in [0.2, 0.25) is 5.91 Å². The van der Waals surface area contributed by atoms with Crippen molar-refractivity contribution in [1.29, 1.82) is 0 Å². The molecule has 2 saturated heterocycles. The van der Waals surface area contributed by atoms with Gasteiger partial charge in [-0.05, 0) is 73.1 Å². The van der Waals surface area contributed by atoms with Crippen LogP contribution in [0.15, 0.2) is 54.6 Å². The third kappa shape index (κ3) is 3.87. The second kappa shape index (κ2) is 8.66. The average molecular weight is 420 g/mol. The van der Waals surface area contributed by atoms with Gasteiger partial charge in [0.15, 0.2) is 0 Å². The number of carbonyl (C=O) groups excluding carboxylic acids is 1. The SMILES string of the molecule is COc1cccc(C[C@H]2CC[C@@H]3CN(C(=O)C4(c5ccccc5)CCOCC4)C[C@H]23)c1. The summed E-state index contributed by atoms with van der Waals surface area (Å²) >= 11 is 0. The Labute approximate surface area is 185 Å². The average Bonchev–Trinajstić information content (AvgIpc) is 3.42. The Morgan fingerprint density at radius 1 is 1.06 bits per heavy atom. The minimum atomic E-state index is -0.416. The van der Waals surface area contributed by atoms with Crippen LogP contribution in [-0.2, 0) is 21.4 Å². The summed E-state index contributed by atoms with van der Waals surface area (Å²) in [7, 11) is 1.73. The Hall–Kier alpha value is -2.33. The molecular weight excluding hydrogens is 386 g/mol. The highest BCUT2D eigenvalue weighted by Gasteiger charge is 2.49. The van der Waals surface area contributed by atoms with Crippen LogP contribution < -0.4 is 4.74 Å². The van der Waals surface area contributed by atoms with Gasteiger partial charge in [-0.2, -0.15) is 0 Å². The van der Waals surface area contributed by atoms with Crippen molar-refractivity contribution in [1.82, 2.24) is 4.90 Å². The van der Waals surface area contributed by atoms with E-state index in [1.807, 2.05) is 12.1 Å². The first-order chi connectivity index (χ1) is 15.2. The third-order valence-electron chi connectivity index (χ3n) is 8.01. The molecule has 0 N–H and O–H groups in total. The maximum atomic E-state index is 14.0. The van der Waals surface area contributed by atoms with E-state index in [9.17, 15) is 4.79 Å². The number of amides is 1. The van der Waals surface area contributed by atoms with Crippen LogP contribution >= 0.6 is 0 Å². The molecule has 3 atom stereocenters. The van der Waals surface area contributed by atoms with Crippen LogP contribution in [0.4, 0.5) is 0 Å². The van der Waals surface area contributed by atoms with Crippen LogP contribution in [0.2, 0.25) is 0 Å². The number of fused-ring (bicyclic) bond motifs is 1. The lowest BCUT2D eigenvalue weighted by atomic mass is 9.73. The number of carbonyl (C=O) groups is 1. The highest BCUT2D eigenvalue weighted by Crippen LogP contribution is 2.46. The van der Waals surface area contributed by atoms with E-state index < -0.39 is 5.41 Å². The fourth-order valence-corrected chi connectivity index (χ4v) is 6.31. The van der Waals surface area contributed by atoms with E-state index in [0.29, 0.717) is 36.9 Å². The molecule has 0 unspecified atom stereocenters. The first-order valence-electron chi connectivity index (χ1n) is 11.8. The zero-order valence-electron chi connectivity index (χ0n) is 18.5. The number of hydrogen-bond acceptors (Lipinski definition) is 3. The van der Waals surface area contributed by atoms with Crippen LogP contribution in [0.25, 0.3) is 0 Å². The largest absolute Gasteiger partial charge is 0.497 e. The summed E-state index contributed by atoms with van der Waals surface area (Å²) in [5.74, 6) is 3.17. The fourth-order valence-electron chi connectivity index (χ4n) is 6.31. The van der Waals surface area contributed by atoms with Gasteiger partial charge < -0.3 is 14.4 Å². The van der Waals surface area contributed by atoms with E-state index in [1.54, 1.807) is 7.11 Å². The summed E-state index contributed by atoms with van der Waals surface area (Å²) in [6.45, 7) is 3.17. The minimum absolute atomic E-state index is 0.330. The molecule has 2 heterocycles. The fraction of sp³-hybridized carbons (Fsp3) is 0.519. The highest BCUT2D eigenvalue weighted by atomic mass is 16.5. The Balaban J connectivity index is 1.32. The molecule has 3 fully saturated rings. The van der Waals surface area contributed by atoms with Crippen molar-refractivity contribution >= 4 is 5.91 Å². The molecule has 2 aromatic carbocycles. The molecule has 2 aliphatic heterocycles. The van der Waals surface area contributed by atoms with E-state index >= 15 is 0 Å². The van der Waals surface area contributed by atoms with E-state index in [1.165, 1.54) is 18.4 Å². The van der Waals surface area contributed by atoms with Crippen LogP contribution in [0, 0.1) is 17.8 Å². The van der Waals surface area contributed by atoms with E-state index in [0.717, 1.165) is 43.7 Å². The quantitative estimate of drug-likeness (QED) is 0.718.